The molecule has 3 rings (SSSR count). The summed E-state index contributed by atoms with van der Waals surface area (Å²) >= 11 is 0. The van der Waals surface area contributed by atoms with Crippen molar-refractivity contribution < 1.29 is 23.9 Å². The number of hydrogen-bond acceptors (Lipinski definition) is 6. The Morgan fingerprint density at radius 1 is 1.00 bits per heavy atom. The summed E-state index contributed by atoms with van der Waals surface area (Å²) in [7, 11) is 1.23. The molecule has 29 heavy (non-hydrogen) atoms. The topological polar surface area (TPSA) is 84.9 Å². The monoisotopic (exact) mass is 396 g/mol. The van der Waals surface area contributed by atoms with Gasteiger partial charge in [0, 0.05) is 24.5 Å². The van der Waals surface area contributed by atoms with E-state index in [1.54, 1.807) is 12.1 Å². The van der Waals surface area contributed by atoms with Crippen LogP contribution in [0.25, 0.3) is 0 Å². The first-order valence-corrected chi connectivity index (χ1v) is 9.49. The number of carbonyl (C=O) groups is 3. The number of amides is 1. The second kappa shape index (κ2) is 9.23. The molecule has 2 aromatic carbocycles. The van der Waals surface area contributed by atoms with Crippen molar-refractivity contribution in [2.45, 2.75) is 19.8 Å². The largest absolute Gasteiger partial charge is 0.465 e. The molecule has 1 aliphatic rings. The van der Waals surface area contributed by atoms with Gasteiger partial charge in [0.1, 0.15) is 0 Å². The highest BCUT2D eigenvalue weighted by atomic mass is 16.5. The van der Waals surface area contributed by atoms with Crippen molar-refractivity contribution in [1.82, 2.24) is 0 Å². The van der Waals surface area contributed by atoms with E-state index in [2.05, 4.69) is 15.0 Å². The second-order valence-electron chi connectivity index (χ2n) is 6.85. The molecule has 0 radical (unpaired) electrons. The van der Waals surface area contributed by atoms with Gasteiger partial charge < -0.3 is 19.7 Å². The van der Waals surface area contributed by atoms with Crippen LogP contribution >= 0.6 is 0 Å². The molecule has 0 atom stereocenters. The molecule has 0 spiro atoms. The minimum absolute atomic E-state index is 0.0540. The van der Waals surface area contributed by atoms with Crippen molar-refractivity contribution in [3.8, 4) is 0 Å². The molecule has 2 aromatic rings. The van der Waals surface area contributed by atoms with Crippen LogP contribution in [-0.4, -0.2) is 44.7 Å². The Labute approximate surface area is 169 Å². The number of anilines is 2. The fourth-order valence-corrected chi connectivity index (χ4v) is 3.30. The zero-order chi connectivity index (χ0) is 20.8. The average Bonchev–Trinajstić information content (AvgIpc) is 3.28. The maximum Gasteiger partial charge on any atom is 0.339 e. The van der Waals surface area contributed by atoms with Gasteiger partial charge in [-0.1, -0.05) is 12.1 Å². The van der Waals surface area contributed by atoms with Crippen molar-refractivity contribution >= 4 is 29.2 Å². The van der Waals surface area contributed by atoms with Crippen molar-refractivity contribution in [1.29, 1.82) is 0 Å². The molecule has 1 N–H and O–H groups in total. The molecule has 1 fully saturated rings. The molecule has 152 valence electrons. The van der Waals surface area contributed by atoms with Gasteiger partial charge in [-0.2, -0.15) is 0 Å². The molecule has 1 heterocycles. The summed E-state index contributed by atoms with van der Waals surface area (Å²) in [6.45, 7) is 3.57. The summed E-state index contributed by atoms with van der Waals surface area (Å²) in [4.78, 5) is 38.6. The predicted octanol–water partition coefficient (Wildman–Crippen LogP) is 3.18. The van der Waals surface area contributed by atoms with Gasteiger partial charge in [0.2, 0.25) is 0 Å². The van der Waals surface area contributed by atoms with Crippen LogP contribution in [0.1, 0.15) is 39.1 Å². The molecule has 0 unspecified atom stereocenters. The number of benzene rings is 2. The number of methoxy groups -OCH3 is 1. The average molecular weight is 396 g/mol. The van der Waals surface area contributed by atoms with E-state index in [4.69, 9.17) is 4.74 Å². The van der Waals surface area contributed by atoms with Gasteiger partial charge in [-0.15, -0.1) is 0 Å². The number of nitrogens with zero attached hydrogens (tertiary/aromatic N) is 1. The number of ether oxygens (including phenoxy) is 2. The third-order valence-corrected chi connectivity index (χ3v) is 4.84. The Hall–Kier alpha value is -3.35. The van der Waals surface area contributed by atoms with Crippen LogP contribution in [0.15, 0.2) is 42.5 Å². The molecule has 1 saturated heterocycles. The molecule has 0 aromatic heterocycles. The van der Waals surface area contributed by atoms with Gasteiger partial charge in [0.05, 0.1) is 18.2 Å². The van der Waals surface area contributed by atoms with E-state index < -0.39 is 24.5 Å². The first-order valence-electron chi connectivity index (χ1n) is 9.49. The van der Waals surface area contributed by atoms with E-state index in [9.17, 15) is 14.4 Å². The Balaban J connectivity index is 1.59. The maximum atomic E-state index is 12.3. The lowest BCUT2D eigenvalue weighted by Crippen LogP contribution is -2.22. The van der Waals surface area contributed by atoms with Gasteiger partial charge in [0.25, 0.3) is 5.91 Å². The third-order valence-electron chi connectivity index (χ3n) is 4.84. The zero-order valence-electron chi connectivity index (χ0n) is 16.6. The van der Waals surface area contributed by atoms with E-state index in [1.165, 1.54) is 32.1 Å². The minimum Gasteiger partial charge on any atom is -0.465 e. The van der Waals surface area contributed by atoms with Crippen molar-refractivity contribution in [2.75, 3.05) is 37.0 Å². The standard InChI is InChI=1S/C22H24N2O5/c1-15-13-16(24-11-5-6-12-24)9-10-19(15)23-20(25)14-29-22(27)18-8-4-3-7-17(18)21(26)28-2/h3-4,7-10,13H,5-6,11-12,14H2,1-2H3,(H,23,25). The third kappa shape index (κ3) is 4.93. The fraction of sp³-hybridized carbons (Fsp3) is 0.318. The first kappa shape index (κ1) is 20.4. The van der Waals surface area contributed by atoms with Crippen molar-refractivity contribution in [3.05, 3.63) is 59.2 Å². The molecule has 1 amide bonds. The molecule has 7 heteroatoms. The summed E-state index contributed by atoms with van der Waals surface area (Å²) in [5.74, 6) is -1.86. The Bertz CT molecular complexity index is 919. The van der Waals surface area contributed by atoms with Crippen molar-refractivity contribution in [2.24, 2.45) is 0 Å². The Morgan fingerprint density at radius 2 is 1.66 bits per heavy atom. The maximum absolute atomic E-state index is 12.3. The van der Waals surface area contributed by atoms with Gasteiger partial charge >= 0.3 is 11.9 Å². The highest BCUT2D eigenvalue weighted by Crippen LogP contribution is 2.25. The number of carbonyl (C=O) groups excluding carboxylic acids is 3. The number of rotatable bonds is 6. The molecular weight excluding hydrogens is 372 g/mol. The van der Waals surface area contributed by atoms with Crippen LogP contribution in [0.4, 0.5) is 11.4 Å². The molecule has 1 aliphatic heterocycles. The molecular formula is C22H24N2O5. The normalized spacial score (nSPS) is 13.1. The molecule has 0 bridgehead atoms. The van der Waals surface area contributed by atoms with Crippen LogP contribution in [0, 0.1) is 6.92 Å². The number of aryl methyl sites for hydroxylation is 1. The molecule has 0 aliphatic carbocycles. The first-order chi connectivity index (χ1) is 14.0. The second-order valence-corrected chi connectivity index (χ2v) is 6.85. The fourth-order valence-electron chi connectivity index (χ4n) is 3.30. The van der Waals surface area contributed by atoms with Gasteiger partial charge in [0.15, 0.2) is 6.61 Å². The van der Waals surface area contributed by atoms with Crippen LogP contribution in [-0.2, 0) is 14.3 Å². The Morgan fingerprint density at radius 3 is 2.28 bits per heavy atom. The van der Waals surface area contributed by atoms with Gasteiger partial charge in [-0.05, 0) is 55.7 Å². The quantitative estimate of drug-likeness (QED) is 0.755. The summed E-state index contributed by atoms with van der Waals surface area (Å²) in [5.41, 5.74) is 2.89. The van der Waals surface area contributed by atoms with Crippen LogP contribution < -0.4 is 10.2 Å². The van der Waals surface area contributed by atoms with Crippen LogP contribution in [0.5, 0.6) is 0 Å². The minimum atomic E-state index is -0.762. The van der Waals surface area contributed by atoms with E-state index in [0.29, 0.717) is 5.69 Å². The SMILES string of the molecule is COC(=O)c1ccccc1C(=O)OCC(=O)Nc1ccc(N2CCCC2)cc1C. The van der Waals surface area contributed by atoms with E-state index in [0.717, 1.165) is 24.3 Å². The Kier molecular flexibility index (Phi) is 6.49. The highest BCUT2D eigenvalue weighted by molar-refractivity contribution is 6.04. The summed E-state index contributed by atoms with van der Waals surface area (Å²) < 4.78 is 9.74. The van der Waals surface area contributed by atoms with Gasteiger partial charge in [-0.25, -0.2) is 9.59 Å². The number of nitrogens with one attached hydrogen (secondary N) is 1. The number of hydrogen-bond donors (Lipinski definition) is 1. The predicted molar refractivity (Wildman–Crippen MR) is 109 cm³/mol. The molecule has 7 nitrogen and oxygen atoms in total. The number of esters is 2. The zero-order valence-corrected chi connectivity index (χ0v) is 16.6. The smallest absolute Gasteiger partial charge is 0.339 e. The summed E-state index contributed by atoms with van der Waals surface area (Å²) in [5, 5.41) is 2.76. The van der Waals surface area contributed by atoms with E-state index >= 15 is 0 Å². The summed E-state index contributed by atoms with van der Waals surface area (Å²) in [6.07, 6.45) is 2.39. The highest BCUT2D eigenvalue weighted by Gasteiger charge is 2.19. The lowest BCUT2D eigenvalue weighted by Gasteiger charge is -2.19. The van der Waals surface area contributed by atoms with Crippen LogP contribution in [0.3, 0.4) is 0 Å². The van der Waals surface area contributed by atoms with E-state index in [1.807, 2.05) is 25.1 Å². The lowest BCUT2D eigenvalue weighted by molar-refractivity contribution is -0.119. The lowest BCUT2D eigenvalue weighted by atomic mass is 10.1. The van der Waals surface area contributed by atoms with Crippen molar-refractivity contribution in [3.63, 3.8) is 0 Å². The van der Waals surface area contributed by atoms with Crippen LogP contribution in [0.2, 0.25) is 0 Å². The van der Waals surface area contributed by atoms with E-state index in [-0.39, 0.29) is 11.1 Å². The molecule has 0 saturated carbocycles. The van der Waals surface area contributed by atoms with Gasteiger partial charge in [-0.3, -0.25) is 4.79 Å². The summed E-state index contributed by atoms with van der Waals surface area (Å²) in [6, 6.07) is 12.0.